The number of benzene rings is 1. The number of nitrogens with zero attached hydrogens (tertiary/aromatic N) is 2. The summed E-state index contributed by atoms with van der Waals surface area (Å²) in [5.41, 5.74) is 2.43. The maximum atomic E-state index is 12.6. The molecular formula is C16H23N3O. The molecule has 1 aromatic rings. The van der Waals surface area contributed by atoms with Crippen LogP contribution in [0.4, 0.5) is 5.69 Å². The summed E-state index contributed by atoms with van der Waals surface area (Å²) in [7, 11) is 0. The summed E-state index contributed by atoms with van der Waals surface area (Å²) in [6.07, 6.45) is 3.29. The summed E-state index contributed by atoms with van der Waals surface area (Å²) in [5, 5.41) is 3.38. The Morgan fingerprint density at radius 3 is 2.95 bits per heavy atom. The van der Waals surface area contributed by atoms with Gasteiger partial charge in [0.2, 0.25) is 5.91 Å². The third kappa shape index (κ3) is 3.02. The van der Waals surface area contributed by atoms with Crippen molar-refractivity contribution >= 4 is 11.6 Å². The number of rotatable bonds is 2. The molecule has 3 rings (SSSR count). The van der Waals surface area contributed by atoms with Gasteiger partial charge in [-0.2, -0.15) is 0 Å². The molecule has 0 saturated carbocycles. The number of carbonyl (C=O) groups is 1. The third-order valence-corrected chi connectivity index (χ3v) is 4.20. The lowest BCUT2D eigenvalue weighted by Crippen LogP contribution is -2.43. The van der Waals surface area contributed by atoms with E-state index < -0.39 is 0 Å². The average molecular weight is 273 g/mol. The highest BCUT2D eigenvalue weighted by molar-refractivity contribution is 5.95. The minimum absolute atomic E-state index is 0.249. The lowest BCUT2D eigenvalue weighted by atomic mass is 10.0. The first-order valence-corrected chi connectivity index (χ1v) is 7.66. The first-order valence-electron chi connectivity index (χ1n) is 7.66. The molecule has 1 amide bonds. The van der Waals surface area contributed by atoms with Crippen molar-refractivity contribution in [2.75, 3.05) is 44.2 Å². The van der Waals surface area contributed by atoms with Crippen LogP contribution in [0.25, 0.3) is 0 Å². The molecule has 0 bridgehead atoms. The highest BCUT2D eigenvalue weighted by Gasteiger charge is 2.23. The molecule has 0 spiro atoms. The van der Waals surface area contributed by atoms with E-state index in [9.17, 15) is 4.79 Å². The predicted molar refractivity (Wildman–Crippen MR) is 81.0 cm³/mol. The van der Waals surface area contributed by atoms with Crippen LogP contribution in [0.5, 0.6) is 0 Å². The highest BCUT2D eigenvalue weighted by Crippen LogP contribution is 2.26. The molecule has 0 unspecified atom stereocenters. The van der Waals surface area contributed by atoms with Crippen molar-refractivity contribution in [3.63, 3.8) is 0 Å². The summed E-state index contributed by atoms with van der Waals surface area (Å²) < 4.78 is 0. The number of amides is 1. The van der Waals surface area contributed by atoms with E-state index >= 15 is 0 Å². The molecule has 20 heavy (non-hydrogen) atoms. The Morgan fingerprint density at radius 1 is 1.10 bits per heavy atom. The standard InChI is InChI=1S/C16H23N3O/c20-16(13-18-10-4-8-17-9-12-18)19-11-3-6-14-5-1-2-7-15(14)19/h1-2,5,7,17H,3-4,6,8-13H2. The number of para-hydroxylation sites is 1. The van der Waals surface area contributed by atoms with Gasteiger partial charge in [-0.05, 0) is 44.0 Å². The average Bonchev–Trinajstić information content (AvgIpc) is 2.75. The molecule has 4 nitrogen and oxygen atoms in total. The van der Waals surface area contributed by atoms with Gasteiger partial charge in [0.25, 0.3) is 0 Å². The maximum Gasteiger partial charge on any atom is 0.241 e. The predicted octanol–water partition coefficient (Wildman–Crippen LogP) is 1.26. The zero-order valence-corrected chi connectivity index (χ0v) is 12.0. The number of carbonyl (C=O) groups excluding carboxylic acids is 1. The second kappa shape index (κ2) is 6.37. The zero-order valence-electron chi connectivity index (χ0n) is 12.0. The van der Waals surface area contributed by atoms with Crippen molar-refractivity contribution in [3.05, 3.63) is 29.8 Å². The van der Waals surface area contributed by atoms with Crippen molar-refractivity contribution in [3.8, 4) is 0 Å². The van der Waals surface area contributed by atoms with Gasteiger partial charge in [0.05, 0.1) is 6.54 Å². The number of hydrogen-bond acceptors (Lipinski definition) is 3. The Balaban J connectivity index is 1.68. The highest BCUT2D eigenvalue weighted by atomic mass is 16.2. The fourth-order valence-electron chi connectivity index (χ4n) is 3.13. The SMILES string of the molecule is O=C(CN1CCCNCC1)N1CCCc2ccccc21. The molecule has 2 aliphatic rings. The Morgan fingerprint density at radius 2 is 2.00 bits per heavy atom. The van der Waals surface area contributed by atoms with Gasteiger partial charge in [0, 0.05) is 25.3 Å². The Bertz CT molecular complexity index is 467. The van der Waals surface area contributed by atoms with Crippen LogP contribution < -0.4 is 10.2 Å². The third-order valence-electron chi connectivity index (χ3n) is 4.20. The van der Waals surface area contributed by atoms with E-state index in [2.05, 4.69) is 28.4 Å². The van der Waals surface area contributed by atoms with Crippen molar-refractivity contribution < 1.29 is 4.79 Å². The quantitative estimate of drug-likeness (QED) is 0.881. The second-order valence-electron chi connectivity index (χ2n) is 5.66. The van der Waals surface area contributed by atoms with Crippen molar-refractivity contribution in [1.82, 2.24) is 10.2 Å². The molecular weight excluding hydrogens is 250 g/mol. The number of nitrogens with one attached hydrogen (secondary N) is 1. The molecule has 108 valence electrons. The van der Waals surface area contributed by atoms with Gasteiger partial charge in [0.1, 0.15) is 0 Å². The van der Waals surface area contributed by atoms with Gasteiger partial charge in [-0.25, -0.2) is 0 Å². The van der Waals surface area contributed by atoms with E-state index in [1.807, 2.05) is 11.0 Å². The van der Waals surface area contributed by atoms with Gasteiger partial charge < -0.3 is 10.2 Å². The van der Waals surface area contributed by atoms with Gasteiger partial charge in [-0.15, -0.1) is 0 Å². The van der Waals surface area contributed by atoms with E-state index in [-0.39, 0.29) is 5.91 Å². The Hall–Kier alpha value is -1.39. The number of hydrogen-bond donors (Lipinski definition) is 1. The van der Waals surface area contributed by atoms with Crippen LogP contribution in [-0.4, -0.2) is 50.1 Å². The van der Waals surface area contributed by atoms with Crippen molar-refractivity contribution in [2.24, 2.45) is 0 Å². The van der Waals surface area contributed by atoms with Crippen molar-refractivity contribution in [1.29, 1.82) is 0 Å². The summed E-state index contributed by atoms with van der Waals surface area (Å²) in [5.74, 6) is 0.249. The normalized spacial score (nSPS) is 20.3. The van der Waals surface area contributed by atoms with E-state index in [0.29, 0.717) is 6.54 Å². The minimum atomic E-state index is 0.249. The monoisotopic (exact) mass is 273 g/mol. The van der Waals surface area contributed by atoms with Crippen LogP contribution in [0.3, 0.4) is 0 Å². The number of fused-ring (bicyclic) bond motifs is 1. The number of anilines is 1. The molecule has 1 saturated heterocycles. The topological polar surface area (TPSA) is 35.6 Å². The zero-order chi connectivity index (χ0) is 13.8. The molecule has 1 fully saturated rings. The van der Waals surface area contributed by atoms with E-state index in [1.165, 1.54) is 5.56 Å². The van der Waals surface area contributed by atoms with Gasteiger partial charge in [-0.1, -0.05) is 18.2 Å². The molecule has 1 N–H and O–H groups in total. The first-order chi connectivity index (χ1) is 9.84. The van der Waals surface area contributed by atoms with E-state index in [4.69, 9.17) is 0 Å². The Labute approximate surface area is 120 Å². The lowest BCUT2D eigenvalue weighted by molar-refractivity contribution is -0.119. The summed E-state index contributed by atoms with van der Waals surface area (Å²) in [6, 6.07) is 8.31. The molecule has 0 aliphatic carbocycles. The Kier molecular flexibility index (Phi) is 4.33. The molecule has 0 aromatic heterocycles. The van der Waals surface area contributed by atoms with Gasteiger partial charge in [-0.3, -0.25) is 9.69 Å². The van der Waals surface area contributed by atoms with Crippen molar-refractivity contribution in [2.45, 2.75) is 19.3 Å². The van der Waals surface area contributed by atoms with E-state index in [0.717, 1.165) is 57.7 Å². The van der Waals surface area contributed by atoms with Crippen LogP contribution in [0.15, 0.2) is 24.3 Å². The second-order valence-corrected chi connectivity index (χ2v) is 5.66. The molecule has 4 heteroatoms. The molecule has 0 radical (unpaired) electrons. The minimum Gasteiger partial charge on any atom is -0.315 e. The van der Waals surface area contributed by atoms with Crippen LogP contribution >= 0.6 is 0 Å². The van der Waals surface area contributed by atoms with Gasteiger partial charge in [0.15, 0.2) is 0 Å². The summed E-state index contributed by atoms with van der Waals surface area (Å²) in [4.78, 5) is 16.9. The fourth-order valence-corrected chi connectivity index (χ4v) is 3.13. The maximum absolute atomic E-state index is 12.6. The van der Waals surface area contributed by atoms with Crippen LogP contribution in [0.2, 0.25) is 0 Å². The van der Waals surface area contributed by atoms with Crippen LogP contribution in [0.1, 0.15) is 18.4 Å². The summed E-state index contributed by atoms with van der Waals surface area (Å²) in [6.45, 7) is 5.47. The smallest absolute Gasteiger partial charge is 0.241 e. The molecule has 2 aliphatic heterocycles. The molecule has 1 aromatic carbocycles. The first kappa shape index (κ1) is 13.6. The van der Waals surface area contributed by atoms with Crippen LogP contribution in [-0.2, 0) is 11.2 Å². The van der Waals surface area contributed by atoms with Gasteiger partial charge >= 0.3 is 0 Å². The van der Waals surface area contributed by atoms with E-state index in [1.54, 1.807) is 0 Å². The number of aryl methyl sites for hydroxylation is 1. The lowest BCUT2D eigenvalue weighted by Gasteiger charge is -2.31. The fraction of sp³-hybridized carbons (Fsp3) is 0.562. The molecule has 2 heterocycles. The largest absolute Gasteiger partial charge is 0.315 e. The van der Waals surface area contributed by atoms with Crippen LogP contribution in [0, 0.1) is 0 Å². The molecule has 0 atom stereocenters. The summed E-state index contributed by atoms with van der Waals surface area (Å²) >= 11 is 0.